The Balaban J connectivity index is 1.95. The zero-order valence-corrected chi connectivity index (χ0v) is 22.6. The molecule has 2 aromatic carbocycles. The molecular formula is C30H30F3NO6. The van der Waals surface area contributed by atoms with Gasteiger partial charge in [-0.1, -0.05) is 30.3 Å². The Morgan fingerprint density at radius 3 is 2.35 bits per heavy atom. The second-order valence-corrected chi connectivity index (χ2v) is 9.58. The Morgan fingerprint density at radius 1 is 1.00 bits per heavy atom. The summed E-state index contributed by atoms with van der Waals surface area (Å²) < 4.78 is 58.5. The summed E-state index contributed by atoms with van der Waals surface area (Å²) in [5.74, 6) is -6.50. The topological polar surface area (TPSA) is 91.3 Å². The van der Waals surface area contributed by atoms with Crippen molar-refractivity contribution >= 4 is 23.4 Å². The van der Waals surface area contributed by atoms with Gasteiger partial charge in [-0.15, -0.1) is 0 Å². The zero-order chi connectivity index (χ0) is 29.2. The normalized spacial score (nSPS) is 22.8. The predicted octanol–water partition coefficient (Wildman–Crippen LogP) is 5.64. The summed E-state index contributed by atoms with van der Waals surface area (Å²) in [6, 6.07) is 11.7. The number of esters is 2. The van der Waals surface area contributed by atoms with Crippen LogP contribution in [0.5, 0.6) is 5.75 Å². The summed E-state index contributed by atoms with van der Waals surface area (Å²) >= 11 is 0. The van der Waals surface area contributed by atoms with Crippen LogP contribution in [0.1, 0.15) is 55.7 Å². The van der Waals surface area contributed by atoms with Gasteiger partial charge in [0.15, 0.2) is 5.78 Å². The van der Waals surface area contributed by atoms with Gasteiger partial charge in [-0.3, -0.25) is 14.6 Å². The van der Waals surface area contributed by atoms with Gasteiger partial charge in [0.05, 0.1) is 37.4 Å². The largest absolute Gasteiger partial charge is 0.497 e. The third-order valence-corrected chi connectivity index (χ3v) is 7.31. The molecule has 0 aromatic heterocycles. The molecule has 1 fully saturated rings. The minimum atomic E-state index is -4.76. The Morgan fingerprint density at radius 2 is 1.70 bits per heavy atom. The Labute approximate surface area is 230 Å². The van der Waals surface area contributed by atoms with Crippen LogP contribution in [0.3, 0.4) is 0 Å². The lowest BCUT2D eigenvalue weighted by atomic mass is 9.61. The van der Waals surface area contributed by atoms with Crippen molar-refractivity contribution in [1.82, 2.24) is 0 Å². The van der Waals surface area contributed by atoms with E-state index in [4.69, 9.17) is 14.2 Å². The van der Waals surface area contributed by atoms with Crippen molar-refractivity contribution in [3.63, 3.8) is 0 Å². The first-order valence-corrected chi connectivity index (χ1v) is 13.0. The fourth-order valence-corrected chi connectivity index (χ4v) is 5.71. The maximum Gasteiger partial charge on any atom is 0.416 e. The van der Waals surface area contributed by atoms with Gasteiger partial charge in [-0.05, 0) is 56.5 Å². The van der Waals surface area contributed by atoms with Crippen LogP contribution in [-0.2, 0) is 30.0 Å². The Bertz CT molecular complexity index is 1380. The molecule has 1 aliphatic heterocycles. The number of methoxy groups -OCH3 is 1. The highest BCUT2D eigenvalue weighted by Crippen LogP contribution is 2.50. The number of ether oxygens (including phenoxy) is 3. The number of ketones is 1. The molecule has 0 spiro atoms. The van der Waals surface area contributed by atoms with Crippen LogP contribution in [0.2, 0.25) is 0 Å². The second-order valence-electron chi connectivity index (χ2n) is 9.58. The lowest BCUT2D eigenvalue weighted by Gasteiger charge is -2.41. The van der Waals surface area contributed by atoms with Crippen molar-refractivity contribution in [3.8, 4) is 5.75 Å². The maximum atomic E-state index is 14.3. The van der Waals surface area contributed by atoms with Gasteiger partial charge in [0.1, 0.15) is 11.7 Å². The number of hydrogen-bond acceptors (Lipinski definition) is 7. The number of hydrogen-bond donors (Lipinski definition) is 0. The molecule has 0 amide bonds. The molecule has 212 valence electrons. The van der Waals surface area contributed by atoms with Crippen LogP contribution in [0.4, 0.5) is 13.2 Å². The number of rotatable bonds is 7. The molecule has 40 heavy (non-hydrogen) atoms. The molecule has 2 aromatic rings. The number of carbonyl (C=O) groups is 3. The quantitative estimate of drug-likeness (QED) is 0.323. The Hall–Kier alpha value is -3.95. The van der Waals surface area contributed by atoms with Crippen LogP contribution in [0.15, 0.2) is 64.8 Å². The molecule has 1 aliphatic carbocycles. The molecule has 1 heterocycles. The monoisotopic (exact) mass is 557 g/mol. The van der Waals surface area contributed by atoms with Crippen molar-refractivity contribution < 1.29 is 41.8 Å². The van der Waals surface area contributed by atoms with E-state index >= 15 is 0 Å². The molecule has 4 atom stereocenters. The number of carbonyl (C=O) groups excluding carboxylic acids is 3. The van der Waals surface area contributed by atoms with Gasteiger partial charge in [0.2, 0.25) is 0 Å². The molecule has 1 unspecified atom stereocenters. The molecule has 7 nitrogen and oxygen atoms in total. The van der Waals surface area contributed by atoms with Gasteiger partial charge in [-0.25, -0.2) is 4.79 Å². The van der Waals surface area contributed by atoms with Crippen LogP contribution in [0.25, 0.3) is 0 Å². The first-order valence-electron chi connectivity index (χ1n) is 13.0. The highest BCUT2D eigenvalue weighted by molar-refractivity contribution is 6.18. The summed E-state index contributed by atoms with van der Waals surface area (Å²) in [5, 5.41) is 0. The SMILES string of the molecule is CCOC(=O)C1=C(C)N=C2C[C@H](c3cccc(OC)c3)[C@H](C(=O)OCC)C(=O)C2[C@@H]1c1ccccc1C(F)(F)F. The van der Waals surface area contributed by atoms with E-state index in [0.717, 1.165) is 6.07 Å². The van der Waals surface area contributed by atoms with Crippen LogP contribution in [0, 0.1) is 11.8 Å². The average Bonchev–Trinajstić information content (AvgIpc) is 2.91. The number of allylic oxidation sites excluding steroid dienone is 1. The van der Waals surface area contributed by atoms with Crippen LogP contribution >= 0.6 is 0 Å². The minimum Gasteiger partial charge on any atom is -0.497 e. The summed E-state index contributed by atoms with van der Waals surface area (Å²) in [7, 11) is 1.49. The van der Waals surface area contributed by atoms with Crippen molar-refractivity contribution in [2.75, 3.05) is 20.3 Å². The van der Waals surface area contributed by atoms with Crippen molar-refractivity contribution in [2.45, 2.75) is 45.2 Å². The minimum absolute atomic E-state index is 0.00643. The van der Waals surface area contributed by atoms with E-state index in [2.05, 4.69) is 4.99 Å². The molecule has 0 radical (unpaired) electrons. The molecule has 2 aliphatic rings. The van der Waals surface area contributed by atoms with Gasteiger partial charge in [0.25, 0.3) is 0 Å². The van der Waals surface area contributed by atoms with Gasteiger partial charge in [-0.2, -0.15) is 13.2 Å². The van der Waals surface area contributed by atoms with Crippen molar-refractivity contribution in [3.05, 3.63) is 76.5 Å². The van der Waals surface area contributed by atoms with Gasteiger partial charge in [0, 0.05) is 23.2 Å². The smallest absolute Gasteiger partial charge is 0.416 e. The number of halogens is 3. The average molecular weight is 558 g/mol. The molecule has 0 saturated heterocycles. The first kappa shape index (κ1) is 29.0. The molecule has 1 saturated carbocycles. The highest BCUT2D eigenvalue weighted by Gasteiger charge is 2.54. The van der Waals surface area contributed by atoms with E-state index in [1.54, 1.807) is 38.1 Å². The molecule has 0 N–H and O–H groups in total. The second kappa shape index (κ2) is 11.7. The number of benzene rings is 2. The third kappa shape index (κ3) is 5.39. The van der Waals surface area contributed by atoms with E-state index in [0.29, 0.717) is 17.0 Å². The Kier molecular flexibility index (Phi) is 8.46. The van der Waals surface area contributed by atoms with Crippen molar-refractivity contribution in [2.24, 2.45) is 16.8 Å². The summed E-state index contributed by atoms with van der Waals surface area (Å²) in [4.78, 5) is 45.3. The fraction of sp³-hybridized carbons (Fsp3) is 0.400. The zero-order valence-electron chi connectivity index (χ0n) is 22.6. The van der Waals surface area contributed by atoms with E-state index < -0.39 is 53.1 Å². The number of aliphatic imine (C=N–C) groups is 1. The standard InChI is InChI=1S/C30H30F3NO6/c1-5-39-28(36)23-16(3)34-22-15-20(17-10-9-11-18(14-17)38-4)25(29(37)40-6-2)27(35)26(22)24(23)19-12-7-8-13-21(19)30(31,32)33/h7-14,20,24-26H,5-6,15H2,1-4H3/t20-,24-,25+,26?/m1/s1. The lowest BCUT2D eigenvalue weighted by Crippen LogP contribution is -2.49. The lowest BCUT2D eigenvalue weighted by molar-refractivity contribution is -0.154. The molecule has 4 rings (SSSR count). The van der Waals surface area contributed by atoms with E-state index in [1.165, 1.54) is 32.2 Å². The van der Waals surface area contributed by atoms with E-state index in [-0.39, 0.29) is 36.5 Å². The number of fused-ring (bicyclic) bond motifs is 1. The fourth-order valence-electron chi connectivity index (χ4n) is 5.71. The van der Waals surface area contributed by atoms with Crippen molar-refractivity contribution in [1.29, 1.82) is 0 Å². The summed E-state index contributed by atoms with van der Waals surface area (Å²) in [6.07, 6.45) is -4.68. The third-order valence-electron chi connectivity index (χ3n) is 7.31. The predicted molar refractivity (Wildman–Crippen MR) is 140 cm³/mol. The van der Waals surface area contributed by atoms with E-state index in [9.17, 15) is 27.6 Å². The van der Waals surface area contributed by atoms with Crippen LogP contribution < -0.4 is 4.74 Å². The molecular weight excluding hydrogens is 527 g/mol. The first-order chi connectivity index (χ1) is 19.0. The summed E-state index contributed by atoms with van der Waals surface area (Å²) in [6.45, 7) is 4.67. The molecule has 10 heteroatoms. The van der Waals surface area contributed by atoms with E-state index in [1.807, 2.05) is 0 Å². The van der Waals surface area contributed by atoms with Gasteiger partial charge < -0.3 is 14.2 Å². The highest BCUT2D eigenvalue weighted by atomic mass is 19.4. The number of alkyl halides is 3. The van der Waals surface area contributed by atoms with Crippen LogP contribution in [-0.4, -0.2) is 43.8 Å². The maximum absolute atomic E-state index is 14.3. The summed E-state index contributed by atoms with van der Waals surface area (Å²) in [5.41, 5.74) is -0.291. The number of nitrogens with zero attached hydrogens (tertiary/aromatic N) is 1. The molecule has 0 bridgehead atoms. The van der Waals surface area contributed by atoms with Gasteiger partial charge >= 0.3 is 18.1 Å². The number of Topliss-reactive ketones (excluding diaryl/α,β-unsaturated/α-hetero) is 1.